The molecular weight excluding hydrogens is 466 g/mol. The van der Waals surface area contributed by atoms with Gasteiger partial charge in [0.05, 0.1) is 24.8 Å². The summed E-state index contributed by atoms with van der Waals surface area (Å²) in [6, 6.07) is 10.3. The number of allylic oxidation sites excluding steroid dienone is 1. The van der Waals surface area contributed by atoms with Crippen molar-refractivity contribution in [1.82, 2.24) is 10.2 Å². The van der Waals surface area contributed by atoms with Crippen LogP contribution in [0.2, 0.25) is 0 Å². The molecule has 0 atom stereocenters. The first-order valence-corrected chi connectivity index (χ1v) is 11.3. The number of hydrogen-bond acceptors (Lipinski definition) is 7. The smallest absolute Gasteiger partial charge is 0.340 e. The predicted molar refractivity (Wildman–Crippen MR) is 131 cm³/mol. The Balaban J connectivity index is 1.67. The summed E-state index contributed by atoms with van der Waals surface area (Å²) in [5, 5.41) is 5.01. The van der Waals surface area contributed by atoms with E-state index in [-0.39, 0.29) is 23.6 Å². The summed E-state index contributed by atoms with van der Waals surface area (Å²) in [5.74, 6) is -1.93. The van der Waals surface area contributed by atoms with Crippen LogP contribution in [0.4, 0.5) is 5.69 Å². The Labute approximate surface area is 208 Å². The number of benzene rings is 1. The Morgan fingerprint density at radius 3 is 2.42 bits per heavy atom. The Morgan fingerprint density at radius 1 is 1.03 bits per heavy atom. The third kappa shape index (κ3) is 6.28. The van der Waals surface area contributed by atoms with Crippen LogP contribution in [0.15, 0.2) is 57.7 Å². The van der Waals surface area contributed by atoms with Crippen LogP contribution in [0.3, 0.4) is 0 Å². The number of anilines is 1. The number of carbonyl (C=O) groups excluding carboxylic acids is 4. The highest BCUT2D eigenvalue weighted by molar-refractivity contribution is 6.39. The van der Waals surface area contributed by atoms with Crippen LogP contribution in [0.25, 0.3) is 6.08 Å². The summed E-state index contributed by atoms with van der Waals surface area (Å²) in [6.07, 6.45) is 2.06. The van der Waals surface area contributed by atoms with Gasteiger partial charge in [-0.15, -0.1) is 0 Å². The van der Waals surface area contributed by atoms with E-state index in [0.717, 1.165) is 5.56 Å². The van der Waals surface area contributed by atoms with Crippen molar-refractivity contribution >= 4 is 35.5 Å². The standard InChI is InChI=1S/C26H29N3O7/c1-16-6-8-18(9-7-16)28-24(31)23(30)27-15-20-11-10-19(36-20)14-21-22(26(33)35-4)17(2)29(25(21)32)12-5-13-34-3/h6-11,14H,5,12-13,15H2,1-4H3,(H,27,30)(H,28,31)/b21-14+. The molecule has 0 unspecified atom stereocenters. The average Bonchev–Trinajstić information content (AvgIpc) is 3.41. The summed E-state index contributed by atoms with van der Waals surface area (Å²) in [5.41, 5.74) is 2.35. The predicted octanol–water partition coefficient (Wildman–Crippen LogP) is 2.55. The SMILES string of the molecule is COCCCN1C(=O)/C(=C/c2ccc(CNC(=O)C(=O)Nc3ccc(C)cc3)o2)C(C(=O)OC)=C1C. The number of methoxy groups -OCH3 is 2. The zero-order valence-corrected chi connectivity index (χ0v) is 20.7. The fourth-order valence-corrected chi connectivity index (χ4v) is 3.65. The molecule has 3 amide bonds. The molecule has 0 aliphatic carbocycles. The number of nitrogens with one attached hydrogen (secondary N) is 2. The van der Waals surface area contributed by atoms with Gasteiger partial charge >= 0.3 is 17.8 Å². The maximum Gasteiger partial charge on any atom is 0.340 e. The molecule has 1 aromatic carbocycles. The topological polar surface area (TPSA) is 127 Å². The Kier molecular flexibility index (Phi) is 8.80. The number of carbonyl (C=O) groups is 4. The highest BCUT2D eigenvalue weighted by Gasteiger charge is 2.36. The summed E-state index contributed by atoms with van der Waals surface area (Å²) in [6.45, 7) is 4.42. The van der Waals surface area contributed by atoms with Crippen molar-refractivity contribution in [1.29, 1.82) is 0 Å². The van der Waals surface area contributed by atoms with Crippen LogP contribution in [0.5, 0.6) is 0 Å². The van der Waals surface area contributed by atoms with E-state index < -0.39 is 17.8 Å². The van der Waals surface area contributed by atoms with Crippen LogP contribution in [-0.4, -0.2) is 56.0 Å². The van der Waals surface area contributed by atoms with Gasteiger partial charge in [0, 0.05) is 31.6 Å². The summed E-state index contributed by atoms with van der Waals surface area (Å²) >= 11 is 0. The van der Waals surface area contributed by atoms with Crippen molar-refractivity contribution in [2.45, 2.75) is 26.8 Å². The van der Waals surface area contributed by atoms with E-state index >= 15 is 0 Å². The molecule has 2 heterocycles. The average molecular weight is 496 g/mol. The zero-order valence-electron chi connectivity index (χ0n) is 20.7. The second-order valence-corrected chi connectivity index (χ2v) is 8.12. The molecule has 190 valence electrons. The number of furan rings is 1. The van der Waals surface area contributed by atoms with E-state index in [2.05, 4.69) is 10.6 Å². The van der Waals surface area contributed by atoms with Crippen molar-refractivity contribution in [3.63, 3.8) is 0 Å². The molecule has 0 saturated carbocycles. The number of hydrogen-bond donors (Lipinski definition) is 2. The Hall–Kier alpha value is -4.18. The molecule has 2 aromatic rings. The zero-order chi connectivity index (χ0) is 26.2. The van der Waals surface area contributed by atoms with E-state index in [4.69, 9.17) is 13.9 Å². The molecule has 36 heavy (non-hydrogen) atoms. The quantitative estimate of drug-likeness (QED) is 0.237. The Morgan fingerprint density at radius 2 is 1.75 bits per heavy atom. The minimum absolute atomic E-state index is 0.0425. The lowest BCUT2D eigenvalue weighted by Crippen LogP contribution is -2.34. The highest BCUT2D eigenvalue weighted by Crippen LogP contribution is 2.32. The van der Waals surface area contributed by atoms with Crippen molar-refractivity contribution in [3.8, 4) is 0 Å². The molecule has 2 N–H and O–H groups in total. The van der Waals surface area contributed by atoms with Crippen molar-refractivity contribution in [2.75, 3.05) is 32.7 Å². The molecular formula is C26H29N3O7. The summed E-state index contributed by atoms with van der Waals surface area (Å²) in [7, 11) is 2.83. The lowest BCUT2D eigenvalue weighted by atomic mass is 10.1. The molecule has 10 nitrogen and oxygen atoms in total. The maximum atomic E-state index is 13.0. The third-order valence-corrected chi connectivity index (χ3v) is 5.54. The summed E-state index contributed by atoms with van der Waals surface area (Å²) in [4.78, 5) is 51.2. The van der Waals surface area contributed by atoms with Crippen molar-refractivity contribution in [2.24, 2.45) is 0 Å². The van der Waals surface area contributed by atoms with Gasteiger partial charge in [-0.2, -0.15) is 0 Å². The van der Waals surface area contributed by atoms with E-state index in [1.165, 1.54) is 18.1 Å². The summed E-state index contributed by atoms with van der Waals surface area (Å²) < 4.78 is 15.6. The number of esters is 1. The maximum absolute atomic E-state index is 13.0. The van der Waals surface area contributed by atoms with Gasteiger partial charge in [0.2, 0.25) is 0 Å². The fourth-order valence-electron chi connectivity index (χ4n) is 3.65. The van der Waals surface area contributed by atoms with E-state index in [1.54, 1.807) is 38.3 Å². The second-order valence-electron chi connectivity index (χ2n) is 8.12. The van der Waals surface area contributed by atoms with Gasteiger partial charge < -0.3 is 29.4 Å². The lowest BCUT2D eigenvalue weighted by molar-refractivity contribution is -0.136. The number of ether oxygens (including phenoxy) is 2. The second kappa shape index (κ2) is 12.0. The van der Waals surface area contributed by atoms with Gasteiger partial charge in [0.1, 0.15) is 11.5 Å². The number of rotatable bonds is 9. The number of amides is 3. The molecule has 1 aliphatic heterocycles. The van der Waals surface area contributed by atoms with Crippen LogP contribution >= 0.6 is 0 Å². The highest BCUT2D eigenvalue weighted by atomic mass is 16.5. The van der Waals surface area contributed by atoms with Crippen LogP contribution in [0.1, 0.15) is 30.4 Å². The molecule has 0 fully saturated rings. The first-order chi connectivity index (χ1) is 17.2. The minimum Gasteiger partial charge on any atom is -0.465 e. The molecule has 10 heteroatoms. The van der Waals surface area contributed by atoms with Crippen LogP contribution in [0, 0.1) is 6.92 Å². The largest absolute Gasteiger partial charge is 0.465 e. The molecule has 3 rings (SSSR count). The molecule has 1 aliphatic rings. The molecule has 0 saturated heterocycles. The monoisotopic (exact) mass is 495 g/mol. The van der Waals surface area contributed by atoms with E-state index in [1.807, 2.05) is 19.1 Å². The third-order valence-electron chi connectivity index (χ3n) is 5.54. The van der Waals surface area contributed by atoms with Crippen molar-refractivity contribution < 1.29 is 33.1 Å². The van der Waals surface area contributed by atoms with Crippen molar-refractivity contribution in [3.05, 3.63) is 70.3 Å². The first-order valence-electron chi connectivity index (χ1n) is 11.3. The van der Waals surface area contributed by atoms with Gasteiger partial charge in [-0.3, -0.25) is 14.4 Å². The molecule has 0 bridgehead atoms. The lowest BCUT2D eigenvalue weighted by Gasteiger charge is -2.17. The van der Waals surface area contributed by atoms with E-state index in [9.17, 15) is 19.2 Å². The number of aryl methyl sites for hydroxylation is 1. The number of nitrogens with zero attached hydrogens (tertiary/aromatic N) is 1. The van der Waals surface area contributed by atoms with Gasteiger partial charge in [-0.05, 0) is 50.6 Å². The van der Waals surface area contributed by atoms with Gasteiger partial charge in [0.25, 0.3) is 5.91 Å². The normalized spacial score (nSPS) is 14.4. The van der Waals surface area contributed by atoms with E-state index in [0.29, 0.717) is 42.5 Å². The molecule has 0 radical (unpaired) electrons. The Bertz CT molecular complexity index is 1210. The molecule has 0 spiro atoms. The molecule has 1 aromatic heterocycles. The van der Waals surface area contributed by atoms with Gasteiger partial charge in [0.15, 0.2) is 0 Å². The van der Waals surface area contributed by atoms with Gasteiger partial charge in [-0.25, -0.2) is 4.79 Å². The van der Waals surface area contributed by atoms with Gasteiger partial charge in [-0.1, -0.05) is 17.7 Å². The minimum atomic E-state index is -0.823. The van der Waals surface area contributed by atoms with Crippen LogP contribution in [-0.2, 0) is 35.2 Å². The first kappa shape index (κ1) is 26.4. The fraction of sp³-hybridized carbons (Fsp3) is 0.308. The van der Waals surface area contributed by atoms with Crippen LogP contribution < -0.4 is 10.6 Å².